The van der Waals surface area contributed by atoms with E-state index < -0.39 is 0 Å². The maximum absolute atomic E-state index is 14.8. The standard InChI is InChI=1S/C66H62N12O4/c1-71-51-27-15-11-23-47(51)67-57(71)39-77(40-58-68-48-24-12-16-28-52(48)72(58)2)63(81)37-35-61(79)75(5)55-33-31-43-19-7-9-21-45(43)65(55)66-46-22-10-8-20-44(46)32-34-56(66)76(6)62(80)36-38-64(82)78(41-59-69-49-25-13-17-29-53(49)73(59)3)42-60-70-50-26-14-18-30-54(50)74(60)4/h7-34H,35-42H2,1-6H3. The van der Waals surface area contributed by atoms with Gasteiger partial charge in [-0.1, -0.05) is 109 Å². The minimum atomic E-state index is -0.262. The predicted octanol–water partition coefficient (Wildman–Crippen LogP) is 11.2. The van der Waals surface area contributed by atoms with Gasteiger partial charge in [0, 0.05) is 79.1 Å². The zero-order valence-corrected chi connectivity index (χ0v) is 46.8. The van der Waals surface area contributed by atoms with Crippen LogP contribution in [0.2, 0.25) is 0 Å². The van der Waals surface area contributed by atoms with Gasteiger partial charge >= 0.3 is 0 Å². The summed E-state index contributed by atoms with van der Waals surface area (Å²) in [5, 5.41) is 3.63. The van der Waals surface area contributed by atoms with E-state index >= 15 is 0 Å². The van der Waals surface area contributed by atoms with Crippen LogP contribution in [0.15, 0.2) is 170 Å². The number of fused-ring (bicyclic) bond motifs is 6. The molecule has 0 spiro atoms. The van der Waals surface area contributed by atoms with Gasteiger partial charge in [-0.2, -0.15) is 0 Å². The molecule has 0 N–H and O–H groups in total. The number of carbonyl (C=O) groups is 4. The van der Waals surface area contributed by atoms with Crippen LogP contribution >= 0.6 is 0 Å². The van der Waals surface area contributed by atoms with Crippen molar-refractivity contribution >= 4 is 101 Å². The van der Waals surface area contributed by atoms with Crippen LogP contribution in [-0.4, -0.2) is 85.7 Å². The van der Waals surface area contributed by atoms with Crippen molar-refractivity contribution in [2.45, 2.75) is 51.9 Å². The van der Waals surface area contributed by atoms with E-state index in [2.05, 4.69) is 0 Å². The predicted molar refractivity (Wildman–Crippen MR) is 324 cm³/mol. The molecular formula is C66H62N12O4. The number of amides is 4. The van der Waals surface area contributed by atoms with Crippen LogP contribution in [-0.2, 0) is 73.5 Å². The molecule has 410 valence electrons. The number of anilines is 2. The maximum atomic E-state index is 14.8. The summed E-state index contributed by atoms with van der Waals surface area (Å²) in [6.07, 6.45) is -0.294. The number of hydrogen-bond donors (Lipinski definition) is 0. The summed E-state index contributed by atoms with van der Waals surface area (Å²) >= 11 is 0. The van der Waals surface area contributed by atoms with Crippen LogP contribution in [0, 0.1) is 0 Å². The molecule has 0 bridgehead atoms. The summed E-state index contributed by atoms with van der Waals surface area (Å²) in [5.74, 6) is 1.90. The molecule has 4 heterocycles. The monoisotopic (exact) mass is 1090 g/mol. The number of carbonyl (C=O) groups excluding carboxylic acids is 4. The molecule has 0 fully saturated rings. The van der Waals surface area contributed by atoms with Gasteiger partial charge in [0.2, 0.25) is 23.6 Å². The number of benzene rings is 8. The highest BCUT2D eigenvalue weighted by Crippen LogP contribution is 2.46. The second-order valence-electron chi connectivity index (χ2n) is 21.1. The Morgan fingerprint density at radius 2 is 0.610 bits per heavy atom. The van der Waals surface area contributed by atoms with E-state index in [9.17, 15) is 19.2 Å². The van der Waals surface area contributed by atoms with Crippen molar-refractivity contribution in [3.05, 3.63) is 193 Å². The molecule has 16 nitrogen and oxygen atoms in total. The van der Waals surface area contributed by atoms with Crippen LogP contribution in [0.25, 0.3) is 76.8 Å². The highest BCUT2D eigenvalue weighted by atomic mass is 16.2. The third kappa shape index (κ3) is 9.86. The van der Waals surface area contributed by atoms with Crippen LogP contribution in [0.3, 0.4) is 0 Å². The zero-order chi connectivity index (χ0) is 56.8. The van der Waals surface area contributed by atoms with Gasteiger partial charge in [-0.15, -0.1) is 0 Å². The van der Waals surface area contributed by atoms with E-state index in [1.54, 1.807) is 33.7 Å². The van der Waals surface area contributed by atoms with Gasteiger partial charge in [-0.05, 0) is 82.2 Å². The Morgan fingerprint density at radius 3 is 0.915 bits per heavy atom. The molecule has 0 atom stereocenters. The molecule has 0 aliphatic heterocycles. The number of hydrogen-bond acceptors (Lipinski definition) is 8. The third-order valence-electron chi connectivity index (χ3n) is 16.2. The second kappa shape index (κ2) is 21.9. The van der Waals surface area contributed by atoms with Gasteiger partial charge in [-0.3, -0.25) is 19.2 Å². The molecule has 12 aromatic rings. The number of rotatable bonds is 17. The Balaban J connectivity index is 0.833. The van der Waals surface area contributed by atoms with Crippen molar-refractivity contribution in [2.75, 3.05) is 23.9 Å². The first-order valence-electron chi connectivity index (χ1n) is 27.5. The van der Waals surface area contributed by atoms with Crippen LogP contribution in [0.1, 0.15) is 49.0 Å². The fourth-order valence-corrected chi connectivity index (χ4v) is 11.4. The Morgan fingerprint density at radius 1 is 0.341 bits per heavy atom. The summed E-state index contributed by atoms with van der Waals surface area (Å²) in [4.78, 5) is 85.3. The van der Waals surface area contributed by atoms with Crippen molar-refractivity contribution in [3.8, 4) is 11.1 Å². The van der Waals surface area contributed by atoms with Gasteiger partial charge in [0.05, 0.1) is 81.7 Å². The Hall–Kier alpha value is -9.96. The van der Waals surface area contributed by atoms with E-state index in [1.165, 1.54) is 0 Å². The topological polar surface area (TPSA) is 153 Å². The molecule has 16 heteroatoms. The van der Waals surface area contributed by atoms with Gasteiger partial charge in [0.25, 0.3) is 0 Å². The lowest BCUT2D eigenvalue weighted by atomic mass is 9.90. The fraction of sp³-hybridized carbons (Fsp3) is 0.212. The Labute approximate surface area is 474 Å². The quantitative estimate of drug-likeness (QED) is 0.0874. The number of nitrogens with zero attached hydrogens (tertiary/aromatic N) is 12. The largest absolute Gasteiger partial charge is 0.330 e. The van der Waals surface area contributed by atoms with Crippen LogP contribution in [0.4, 0.5) is 11.4 Å². The molecule has 0 saturated carbocycles. The lowest BCUT2D eigenvalue weighted by Crippen LogP contribution is -2.34. The molecule has 4 amide bonds. The van der Waals surface area contributed by atoms with Crippen LogP contribution in [0.5, 0.6) is 0 Å². The van der Waals surface area contributed by atoms with Crippen LogP contribution < -0.4 is 9.80 Å². The molecule has 12 rings (SSSR count). The van der Waals surface area contributed by atoms with E-state index in [4.69, 9.17) is 19.9 Å². The summed E-state index contributed by atoms with van der Waals surface area (Å²) in [5.41, 5.74) is 9.87. The van der Waals surface area contributed by atoms with Gasteiger partial charge in [-0.25, -0.2) is 19.9 Å². The van der Waals surface area contributed by atoms with E-state index in [0.29, 0.717) is 34.7 Å². The third-order valence-corrected chi connectivity index (χ3v) is 16.2. The second-order valence-corrected chi connectivity index (χ2v) is 21.1. The van der Waals surface area contributed by atoms with Gasteiger partial charge in [0.15, 0.2) is 0 Å². The normalized spacial score (nSPS) is 11.6. The molecule has 0 unspecified atom stereocenters. The van der Waals surface area contributed by atoms with Gasteiger partial charge in [0.1, 0.15) is 23.3 Å². The molecule has 0 aliphatic carbocycles. The molecule has 0 aliphatic rings. The SMILES string of the molecule is CN(C(=O)CCC(=O)N(Cc1nc2ccccc2n1C)Cc1nc2ccccc2n1C)c1ccc2ccccc2c1-c1c(N(C)C(=O)CCC(=O)N(Cc2nc3ccccc3n2C)Cc2nc3ccccc3n2C)ccc2ccccc12. The lowest BCUT2D eigenvalue weighted by Gasteiger charge is -2.28. The highest BCUT2D eigenvalue weighted by molar-refractivity contribution is 6.17. The number of imidazole rings is 4. The molecule has 0 radical (unpaired) electrons. The van der Waals surface area contributed by atoms with Crippen molar-refractivity contribution in [3.63, 3.8) is 0 Å². The highest BCUT2D eigenvalue weighted by Gasteiger charge is 2.28. The fourth-order valence-electron chi connectivity index (χ4n) is 11.4. The van der Waals surface area contributed by atoms with Crippen molar-refractivity contribution in [1.82, 2.24) is 48.0 Å². The average molecular weight is 1090 g/mol. The average Bonchev–Trinajstić information content (AvgIpc) is 4.13. The van der Waals surface area contributed by atoms with Crippen molar-refractivity contribution in [1.29, 1.82) is 0 Å². The smallest absolute Gasteiger partial charge is 0.227 e. The number of aromatic nitrogens is 8. The maximum Gasteiger partial charge on any atom is 0.227 e. The molecule has 0 saturated heterocycles. The number of aryl methyl sites for hydroxylation is 4. The Kier molecular flexibility index (Phi) is 14.1. The number of para-hydroxylation sites is 8. The lowest BCUT2D eigenvalue weighted by molar-refractivity contribution is -0.134. The summed E-state index contributed by atoms with van der Waals surface area (Å²) in [6.45, 7) is 0.832. The molecular weight excluding hydrogens is 1020 g/mol. The molecule has 8 aromatic carbocycles. The van der Waals surface area contributed by atoms with Crippen molar-refractivity contribution < 1.29 is 19.2 Å². The van der Waals surface area contributed by atoms with Gasteiger partial charge < -0.3 is 37.9 Å². The minimum absolute atomic E-state index is 0.0657. The summed E-state index contributed by atoms with van der Waals surface area (Å²) in [7, 11) is 11.3. The van der Waals surface area contributed by atoms with E-state index in [1.807, 2.05) is 216 Å². The Bertz CT molecular complexity index is 4020. The van der Waals surface area contributed by atoms with Crippen molar-refractivity contribution in [2.24, 2.45) is 28.2 Å². The zero-order valence-electron chi connectivity index (χ0n) is 46.8. The van der Waals surface area contributed by atoms with E-state index in [-0.39, 0.29) is 75.5 Å². The summed E-state index contributed by atoms with van der Waals surface area (Å²) in [6, 6.07) is 55.4. The molecule has 4 aromatic heterocycles. The minimum Gasteiger partial charge on any atom is -0.330 e. The first kappa shape index (κ1) is 52.7. The first-order valence-corrected chi connectivity index (χ1v) is 27.5. The summed E-state index contributed by atoms with van der Waals surface area (Å²) < 4.78 is 8.01. The first-order chi connectivity index (χ1) is 39.8. The van der Waals surface area contributed by atoms with E-state index in [0.717, 1.165) is 76.8 Å². The molecule has 82 heavy (non-hydrogen) atoms.